The molecule has 37 heavy (non-hydrogen) atoms. The first-order valence-electron chi connectivity index (χ1n) is 11.1. The van der Waals surface area contributed by atoms with Crippen LogP contribution in [-0.2, 0) is 4.79 Å². The number of thioether (sulfide) groups is 1. The molecule has 0 aliphatic heterocycles. The van der Waals surface area contributed by atoms with Crippen LogP contribution in [0.3, 0.4) is 0 Å². The third kappa shape index (κ3) is 6.22. The minimum Gasteiger partial charge on any atom is -0.493 e. The fourth-order valence-electron chi connectivity index (χ4n) is 3.48. The van der Waals surface area contributed by atoms with E-state index in [4.69, 9.17) is 25.8 Å². The van der Waals surface area contributed by atoms with E-state index in [9.17, 15) is 4.79 Å². The predicted molar refractivity (Wildman–Crippen MR) is 144 cm³/mol. The minimum absolute atomic E-state index is 0.0765. The van der Waals surface area contributed by atoms with E-state index in [0.717, 1.165) is 11.3 Å². The number of methoxy groups -OCH3 is 3. The van der Waals surface area contributed by atoms with Crippen molar-refractivity contribution in [2.24, 2.45) is 5.10 Å². The van der Waals surface area contributed by atoms with Gasteiger partial charge in [0.2, 0.25) is 5.75 Å². The first-order chi connectivity index (χ1) is 18.0. The van der Waals surface area contributed by atoms with Gasteiger partial charge in [-0.2, -0.15) is 5.10 Å². The zero-order chi connectivity index (χ0) is 26.2. The summed E-state index contributed by atoms with van der Waals surface area (Å²) in [4.78, 5) is 12.5. The number of benzene rings is 3. The first-order valence-corrected chi connectivity index (χ1v) is 12.4. The van der Waals surface area contributed by atoms with Crippen molar-refractivity contribution in [1.82, 2.24) is 20.2 Å². The zero-order valence-electron chi connectivity index (χ0n) is 20.3. The highest BCUT2D eigenvalue weighted by molar-refractivity contribution is 7.99. The second-order valence-electron chi connectivity index (χ2n) is 7.52. The van der Waals surface area contributed by atoms with E-state index >= 15 is 0 Å². The molecule has 0 bridgehead atoms. The van der Waals surface area contributed by atoms with E-state index in [-0.39, 0.29) is 11.7 Å². The first kappa shape index (κ1) is 26.1. The molecule has 4 rings (SSSR count). The van der Waals surface area contributed by atoms with E-state index in [0.29, 0.717) is 38.8 Å². The van der Waals surface area contributed by atoms with Gasteiger partial charge in [0.25, 0.3) is 5.91 Å². The summed E-state index contributed by atoms with van der Waals surface area (Å²) >= 11 is 7.33. The van der Waals surface area contributed by atoms with Crippen LogP contribution in [0.15, 0.2) is 77.0 Å². The zero-order valence-corrected chi connectivity index (χ0v) is 21.9. The van der Waals surface area contributed by atoms with Gasteiger partial charge < -0.3 is 14.2 Å². The molecule has 1 amide bonds. The molecule has 0 saturated carbocycles. The number of hydrazone groups is 1. The molecule has 4 aromatic rings. The van der Waals surface area contributed by atoms with Crippen LogP contribution in [-0.4, -0.2) is 54.0 Å². The number of carbonyl (C=O) groups excluding carboxylic acids is 1. The van der Waals surface area contributed by atoms with Crippen LogP contribution in [0.5, 0.6) is 17.2 Å². The average molecular weight is 538 g/mol. The van der Waals surface area contributed by atoms with Gasteiger partial charge in [-0.05, 0) is 36.4 Å². The van der Waals surface area contributed by atoms with Gasteiger partial charge in [0.1, 0.15) is 0 Å². The van der Waals surface area contributed by atoms with Crippen molar-refractivity contribution < 1.29 is 19.0 Å². The number of nitrogens with zero attached hydrogens (tertiary/aromatic N) is 4. The van der Waals surface area contributed by atoms with Crippen LogP contribution in [0.2, 0.25) is 5.02 Å². The highest BCUT2D eigenvalue weighted by Gasteiger charge is 2.17. The fourth-order valence-corrected chi connectivity index (χ4v) is 4.35. The predicted octanol–water partition coefficient (Wildman–Crippen LogP) is 4.86. The largest absolute Gasteiger partial charge is 0.493 e. The minimum atomic E-state index is -0.305. The van der Waals surface area contributed by atoms with Gasteiger partial charge in [-0.15, -0.1) is 10.2 Å². The maximum atomic E-state index is 12.5. The quantitative estimate of drug-likeness (QED) is 0.175. The number of nitrogens with one attached hydrogen (secondary N) is 1. The Labute approximate surface area is 223 Å². The smallest absolute Gasteiger partial charge is 0.250 e. The molecule has 1 aromatic heterocycles. The third-order valence-electron chi connectivity index (χ3n) is 5.17. The Morgan fingerprint density at radius 1 is 1.00 bits per heavy atom. The monoisotopic (exact) mass is 537 g/mol. The summed E-state index contributed by atoms with van der Waals surface area (Å²) < 4.78 is 17.9. The van der Waals surface area contributed by atoms with Crippen molar-refractivity contribution in [1.29, 1.82) is 0 Å². The standard InChI is InChI=1S/C26H24ClN5O4S/c1-34-21-13-17(14-22(35-2)24(21)36-3)15-28-29-23(33)16-37-26-31-30-25(18-7-5-4-6-8-18)32(26)20-11-9-19(27)10-12-20/h4-15H,16H2,1-3H3,(H,29,33)/b28-15-. The number of ether oxygens (including phenoxy) is 3. The van der Waals surface area contributed by atoms with Crippen LogP contribution >= 0.6 is 23.4 Å². The summed E-state index contributed by atoms with van der Waals surface area (Å²) in [5.41, 5.74) is 4.93. The molecule has 0 atom stereocenters. The van der Waals surface area contributed by atoms with Crippen molar-refractivity contribution in [2.75, 3.05) is 27.1 Å². The van der Waals surface area contributed by atoms with Gasteiger partial charge in [-0.3, -0.25) is 9.36 Å². The van der Waals surface area contributed by atoms with Crippen molar-refractivity contribution in [3.63, 3.8) is 0 Å². The molecule has 1 heterocycles. The van der Waals surface area contributed by atoms with Gasteiger partial charge in [-0.1, -0.05) is 53.7 Å². The van der Waals surface area contributed by atoms with Crippen molar-refractivity contribution in [3.8, 4) is 34.3 Å². The number of carbonyl (C=O) groups is 1. The number of hydrogen-bond donors (Lipinski definition) is 1. The molecule has 190 valence electrons. The van der Waals surface area contributed by atoms with Gasteiger partial charge in [0.15, 0.2) is 22.5 Å². The third-order valence-corrected chi connectivity index (χ3v) is 6.35. The summed E-state index contributed by atoms with van der Waals surface area (Å²) in [6.45, 7) is 0. The van der Waals surface area contributed by atoms with Crippen molar-refractivity contribution in [2.45, 2.75) is 5.16 Å². The molecule has 0 fully saturated rings. The number of amides is 1. The topological polar surface area (TPSA) is 99.9 Å². The summed E-state index contributed by atoms with van der Waals surface area (Å²) in [6, 6.07) is 20.5. The number of aromatic nitrogens is 3. The van der Waals surface area contributed by atoms with E-state index in [2.05, 4.69) is 20.7 Å². The Kier molecular flexibility index (Phi) is 8.65. The van der Waals surface area contributed by atoms with Crippen molar-refractivity contribution >= 4 is 35.5 Å². The van der Waals surface area contributed by atoms with Gasteiger partial charge >= 0.3 is 0 Å². The second-order valence-corrected chi connectivity index (χ2v) is 8.90. The molecular formula is C26H24ClN5O4S. The summed E-state index contributed by atoms with van der Waals surface area (Å²) in [5.74, 6) is 1.88. The number of hydrogen-bond acceptors (Lipinski definition) is 8. The average Bonchev–Trinajstić information content (AvgIpc) is 3.36. The van der Waals surface area contributed by atoms with Gasteiger partial charge in [-0.25, -0.2) is 5.43 Å². The van der Waals surface area contributed by atoms with Gasteiger partial charge in [0, 0.05) is 21.8 Å². The Morgan fingerprint density at radius 2 is 1.68 bits per heavy atom. The van der Waals surface area contributed by atoms with E-state index < -0.39 is 0 Å². The van der Waals surface area contributed by atoms with Gasteiger partial charge in [0.05, 0.1) is 33.3 Å². The lowest BCUT2D eigenvalue weighted by molar-refractivity contribution is -0.118. The summed E-state index contributed by atoms with van der Waals surface area (Å²) in [5, 5.41) is 13.9. The van der Waals surface area contributed by atoms with Crippen LogP contribution in [0.4, 0.5) is 0 Å². The maximum absolute atomic E-state index is 12.5. The number of halogens is 1. The lowest BCUT2D eigenvalue weighted by Gasteiger charge is -2.12. The Balaban J connectivity index is 1.48. The molecule has 3 aromatic carbocycles. The maximum Gasteiger partial charge on any atom is 0.250 e. The highest BCUT2D eigenvalue weighted by Crippen LogP contribution is 2.37. The molecule has 0 saturated heterocycles. The number of rotatable bonds is 10. The Bertz CT molecular complexity index is 1370. The molecule has 0 unspecified atom stereocenters. The summed E-state index contributed by atoms with van der Waals surface area (Å²) in [6.07, 6.45) is 1.50. The lowest BCUT2D eigenvalue weighted by atomic mass is 10.2. The van der Waals surface area contributed by atoms with E-state index in [1.165, 1.54) is 39.3 Å². The molecule has 1 N–H and O–H groups in total. The lowest BCUT2D eigenvalue weighted by Crippen LogP contribution is -2.20. The van der Waals surface area contributed by atoms with E-state index in [1.54, 1.807) is 24.3 Å². The summed E-state index contributed by atoms with van der Waals surface area (Å²) in [7, 11) is 4.59. The molecule has 11 heteroatoms. The van der Waals surface area contributed by atoms with Crippen molar-refractivity contribution in [3.05, 3.63) is 77.3 Å². The molecule has 0 radical (unpaired) electrons. The van der Waals surface area contributed by atoms with E-state index in [1.807, 2.05) is 47.0 Å². The van der Waals surface area contributed by atoms with Crippen LogP contribution in [0.25, 0.3) is 17.1 Å². The second kappa shape index (κ2) is 12.3. The molecule has 0 aliphatic rings. The Morgan fingerprint density at radius 3 is 2.30 bits per heavy atom. The SMILES string of the molecule is COc1cc(/C=N\NC(=O)CSc2nnc(-c3ccccc3)n2-c2ccc(Cl)cc2)cc(OC)c1OC. The van der Waals surface area contributed by atoms with Crippen LogP contribution in [0, 0.1) is 0 Å². The van der Waals surface area contributed by atoms with Crippen LogP contribution < -0.4 is 19.6 Å². The van der Waals surface area contributed by atoms with Crippen LogP contribution in [0.1, 0.15) is 5.56 Å². The Hall–Kier alpha value is -4.02. The molecule has 9 nitrogen and oxygen atoms in total. The normalized spacial score (nSPS) is 10.9. The molecule has 0 aliphatic carbocycles. The fraction of sp³-hybridized carbons (Fsp3) is 0.154. The highest BCUT2D eigenvalue weighted by atomic mass is 35.5. The molecule has 0 spiro atoms. The molecular weight excluding hydrogens is 514 g/mol.